The Labute approximate surface area is 198 Å². The van der Waals surface area contributed by atoms with Crippen molar-refractivity contribution in [3.63, 3.8) is 0 Å². The highest BCUT2D eigenvalue weighted by Gasteiger charge is 2.19. The molecular formula is C24H21N3O4S2. The number of para-hydroxylation sites is 1. The van der Waals surface area contributed by atoms with Crippen LogP contribution in [0.2, 0.25) is 0 Å². The molecule has 0 radical (unpaired) electrons. The van der Waals surface area contributed by atoms with Crippen LogP contribution in [-0.2, 0) is 4.79 Å². The Bertz CT molecular complexity index is 1410. The lowest BCUT2D eigenvalue weighted by molar-refractivity contribution is -0.113. The molecule has 0 bridgehead atoms. The van der Waals surface area contributed by atoms with Crippen molar-refractivity contribution in [2.75, 3.05) is 24.3 Å². The number of carbonyl (C=O) groups is 1. The number of carbonyl (C=O) groups excluding carboxylic acids is 1. The highest BCUT2D eigenvalue weighted by atomic mass is 32.2. The fourth-order valence-electron chi connectivity index (χ4n) is 3.63. The van der Waals surface area contributed by atoms with Gasteiger partial charge in [-0.25, -0.2) is 4.98 Å². The zero-order chi connectivity index (χ0) is 22.9. The van der Waals surface area contributed by atoms with Crippen LogP contribution >= 0.6 is 23.1 Å². The second-order valence-corrected chi connectivity index (χ2v) is 9.67. The van der Waals surface area contributed by atoms with Crippen LogP contribution in [0.1, 0.15) is 10.4 Å². The summed E-state index contributed by atoms with van der Waals surface area (Å²) in [7, 11) is 0. The zero-order valence-electron chi connectivity index (χ0n) is 18.1. The van der Waals surface area contributed by atoms with Gasteiger partial charge in [-0.3, -0.25) is 14.2 Å². The zero-order valence-corrected chi connectivity index (χ0v) is 19.7. The average molecular weight is 480 g/mol. The van der Waals surface area contributed by atoms with Gasteiger partial charge in [0.2, 0.25) is 5.91 Å². The summed E-state index contributed by atoms with van der Waals surface area (Å²) in [4.78, 5) is 32.7. The second kappa shape index (κ2) is 8.92. The van der Waals surface area contributed by atoms with Crippen molar-refractivity contribution in [1.82, 2.24) is 9.55 Å². The second-order valence-electron chi connectivity index (χ2n) is 7.53. The summed E-state index contributed by atoms with van der Waals surface area (Å²) in [5.41, 5.74) is 2.17. The van der Waals surface area contributed by atoms with Gasteiger partial charge in [-0.05, 0) is 43.7 Å². The van der Waals surface area contributed by atoms with Gasteiger partial charge in [-0.15, -0.1) is 11.3 Å². The largest absolute Gasteiger partial charge is 0.486 e. The predicted octanol–water partition coefficient (Wildman–Crippen LogP) is 4.57. The first kappa shape index (κ1) is 21.5. The molecule has 168 valence electrons. The number of aryl methyl sites for hydroxylation is 2. The third-order valence-corrected chi connectivity index (χ3v) is 7.38. The molecule has 0 saturated carbocycles. The van der Waals surface area contributed by atoms with E-state index in [9.17, 15) is 9.59 Å². The van der Waals surface area contributed by atoms with Gasteiger partial charge < -0.3 is 14.8 Å². The number of rotatable bonds is 5. The Morgan fingerprint density at radius 1 is 1.12 bits per heavy atom. The van der Waals surface area contributed by atoms with Crippen LogP contribution in [0.3, 0.4) is 0 Å². The third kappa shape index (κ3) is 4.21. The molecule has 7 nitrogen and oxygen atoms in total. The molecule has 5 rings (SSSR count). The number of nitrogens with zero attached hydrogens (tertiary/aromatic N) is 2. The summed E-state index contributed by atoms with van der Waals surface area (Å²) in [6.07, 6.45) is 0. The van der Waals surface area contributed by atoms with E-state index in [-0.39, 0.29) is 17.2 Å². The Hall–Kier alpha value is -3.30. The van der Waals surface area contributed by atoms with E-state index in [1.807, 2.05) is 44.2 Å². The van der Waals surface area contributed by atoms with E-state index in [0.717, 1.165) is 16.1 Å². The number of nitrogens with one attached hydrogen (secondary N) is 1. The Kier molecular flexibility index (Phi) is 5.82. The molecule has 1 aliphatic heterocycles. The molecule has 1 amide bonds. The van der Waals surface area contributed by atoms with Crippen LogP contribution in [0, 0.1) is 13.8 Å². The van der Waals surface area contributed by atoms with E-state index in [0.29, 0.717) is 45.8 Å². The minimum atomic E-state index is -0.204. The lowest BCUT2D eigenvalue weighted by Crippen LogP contribution is -2.22. The number of fused-ring (bicyclic) bond motifs is 2. The molecule has 0 fully saturated rings. The van der Waals surface area contributed by atoms with Gasteiger partial charge in [0.15, 0.2) is 16.7 Å². The summed E-state index contributed by atoms with van der Waals surface area (Å²) in [6.45, 7) is 4.92. The summed E-state index contributed by atoms with van der Waals surface area (Å²) >= 11 is 2.73. The van der Waals surface area contributed by atoms with Crippen molar-refractivity contribution >= 4 is 44.9 Å². The Morgan fingerprint density at radius 3 is 2.67 bits per heavy atom. The van der Waals surface area contributed by atoms with Gasteiger partial charge in [0.05, 0.1) is 16.8 Å². The number of ether oxygens (including phenoxy) is 2. The third-order valence-electron chi connectivity index (χ3n) is 5.34. The number of hydrogen-bond acceptors (Lipinski definition) is 7. The molecule has 0 spiro atoms. The number of thiophene rings is 1. The van der Waals surface area contributed by atoms with Crippen LogP contribution in [0.15, 0.2) is 58.5 Å². The maximum Gasteiger partial charge on any atom is 0.267 e. The highest BCUT2D eigenvalue weighted by molar-refractivity contribution is 7.99. The summed E-state index contributed by atoms with van der Waals surface area (Å²) in [5, 5.41) is 3.99. The Balaban J connectivity index is 1.42. The first-order valence-corrected chi connectivity index (χ1v) is 12.2. The van der Waals surface area contributed by atoms with Crippen LogP contribution in [0.5, 0.6) is 11.5 Å². The molecule has 9 heteroatoms. The van der Waals surface area contributed by atoms with Crippen molar-refractivity contribution in [3.05, 3.63) is 69.3 Å². The van der Waals surface area contributed by atoms with E-state index < -0.39 is 0 Å². The van der Waals surface area contributed by atoms with Gasteiger partial charge in [-0.1, -0.05) is 30.0 Å². The fourth-order valence-corrected chi connectivity index (χ4v) is 5.51. The van der Waals surface area contributed by atoms with E-state index in [4.69, 9.17) is 14.5 Å². The monoisotopic (exact) mass is 479 g/mol. The Morgan fingerprint density at radius 2 is 1.88 bits per heavy atom. The number of hydrogen-bond donors (Lipinski definition) is 1. The van der Waals surface area contributed by atoms with Crippen molar-refractivity contribution in [2.45, 2.75) is 19.0 Å². The van der Waals surface area contributed by atoms with E-state index in [1.54, 1.807) is 22.8 Å². The molecule has 2 aromatic heterocycles. The molecule has 0 aliphatic carbocycles. The quantitative estimate of drug-likeness (QED) is 0.334. The van der Waals surface area contributed by atoms with E-state index >= 15 is 0 Å². The van der Waals surface area contributed by atoms with Gasteiger partial charge in [-0.2, -0.15) is 0 Å². The maximum atomic E-state index is 13.4. The van der Waals surface area contributed by atoms with Crippen LogP contribution in [-0.4, -0.2) is 34.4 Å². The number of anilines is 1. The smallest absolute Gasteiger partial charge is 0.267 e. The van der Waals surface area contributed by atoms with Crippen molar-refractivity contribution in [2.24, 2.45) is 0 Å². The average Bonchev–Trinajstić information content (AvgIpc) is 3.11. The number of aromatic nitrogens is 2. The lowest BCUT2D eigenvalue weighted by Gasteiger charge is -2.19. The molecule has 3 heterocycles. The van der Waals surface area contributed by atoms with Crippen LogP contribution in [0.4, 0.5) is 5.69 Å². The topological polar surface area (TPSA) is 82.4 Å². The van der Waals surface area contributed by atoms with Crippen LogP contribution < -0.4 is 20.3 Å². The predicted molar refractivity (Wildman–Crippen MR) is 131 cm³/mol. The van der Waals surface area contributed by atoms with E-state index in [2.05, 4.69) is 5.32 Å². The van der Waals surface area contributed by atoms with Crippen molar-refractivity contribution in [3.8, 4) is 17.2 Å². The number of thioether (sulfide) groups is 1. The molecule has 0 saturated heterocycles. The minimum Gasteiger partial charge on any atom is -0.486 e. The number of benzene rings is 2. The molecule has 1 N–H and O–H groups in total. The fraction of sp³-hybridized carbons (Fsp3) is 0.208. The normalized spacial score (nSPS) is 12.7. The molecule has 1 aliphatic rings. The maximum absolute atomic E-state index is 13.4. The van der Waals surface area contributed by atoms with Gasteiger partial charge in [0.25, 0.3) is 5.56 Å². The van der Waals surface area contributed by atoms with Gasteiger partial charge in [0.1, 0.15) is 18.0 Å². The first-order chi connectivity index (χ1) is 16.0. The molecular weight excluding hydrogens is 458 g/mol. The highest BCUT2D eigenvalue weighted by Crippen LogP contribution is 2.33. The lowest BCUT2D eigenvalue weighted by atomic mass is 10.2. The summed E-state index contributed by atoms with van der Waals surface area (Å²) in [5.74, 6) is 1.17. The molecule has 4 aromatic rings. The first-order valence-electron chi connectivity index (χ1n) is 10.4. The van der Waals surface area contributed by atoms with E-state index in [1.165, 1.54) is 23.1 Å². The van der Waals surface area contributed by atoms with Crippen molar-refractivity contribution < 1.29 is 14.3 Å². The SMILES string of the molecule is Cc1sc2nc(SCC(=O)Nc3ccc4c(c3)OCCO4)n(-c3ccccc3)c(=O)c2c1C. The molecule has 0 unspecified atom stereocenters. The minimum absolute atomic E-state index is 0.0998. The molecule has 2 aromatic carbocycles. The van der Waals surface area contributed by atoms with Gasteiger partial charge in [0, 0.05) is 16.6 Å². The summed E-state index contributed by atoms with van der Waals surface area (Å²) < 4.78 is 12.7. The summed E-state index contributed by atoms with van der Waals surface area (Å²) in [6, 6.07) is 14.7. The van der Waals surface area contributed by atoms with Crippen LogP contribution in [0.25, 0.3) is 15.9 Å². The molecule has 33 heavy (non-hydrogen) atoms. The molecule has 0 atom stereocenters. The van der Waals surface area contributed by atoms with Gasteiger partial charge >= 0.3 is 0 Å². The number of amides is 1. The van der Waals surface area contributed by atoms with Crippen molar-refractivity contribution in [1.29, 1.82) is 0 Å². The standard InChI is InChI=1S/C24H21N3O4S2/c1-14-15(2)33-22-21(14)23(29)27(17-6-4-3-5-7-17)24(26-22)32-13-20(28)25-16-8-9-18-19(12-16)31-11-10-30-18/h3-9,12H,10-11,13H2,1-2H3,(H,25,28).